The van der Waals surface area contributed by atoms with Crippen molar-refractivity contribution in [1.82, 2.24) is 4.98 Å². The fourth-order valence-corrected chi connectivity index (χ4v) is 3.05. The van der Waals surface area contributed by atoms with Crippen LogP contribution in [-0.2, 0) is 0 Å². The second-order valence-electron chi connectivity index (χ2n) is 5.51. The summed E-state index contributed by atoms with van der Waals surface area (Å²) in [4.78, 5) is 3.89. The highest BCUT2D eigenvalue weighted by atomic mass is 35.5. The molecule has 0 atom stereocenters. The molecule has 0 saturated heterocycles. The van der Waals surface area contributed by atoms with Crippen LogP contribution in [0, 0.1) is 0 Å². The van der Waals surface area contributed by atoms with Gasteiger partial charge in [-0.15, -0.1) is 5.11 Å². The Morgan fingerprint density at radius 1 is 1.04 bits per heavy atom. The smallest absolute Gasteiger partial charge is 0.163 e. The van der Waals surface area contributed by atoms with Gasteiger partial charge in [-0.1, -0.05) is 23.2 Å². The lowest BCUT2D eigenvalue weighted by atomic mass is 10.2. The molecule has 1 heterocycles. The first-order valence-corrected chi connectivity index (χ1v) is 8.48. The summed E-state index contributed by atoms with van der Waals surface area (Å²) in [5, 5.41) is 9.03. The van der Waals surface area contributed by atoms with Gasteiger partial charge in [0.05, 0.1) is 28.9 Å². The third kappa shape index (κ3) is 3.97. The zero-order valence-electron chi connectivity index (χ0n) is 13.2. The van der Waals surface area contributed by atoms with Gasteiger partial charge in [-0.3, -0.25) is 4.98 Å². The average Bonchev–Trinajstić information content (AvgIpc) is 3.08. The molecule has 1 aliphatic carbocycles. The molecule has 0 aliphatic heterocycles. The van der Waals surface area contributed by atoms with Crippen molar-refractivity contribution in [2.45, 2.75) is 31.8 Å². The van der Waals surface area contributed by atoms with Gasteiger partial charge >= 0.3 is 0 Å². The number of aromatic nitrogens is 1. The minimum absolute atomic E-state index is 0.232. The van der Waals surface area contributed by atoms with Gasteiger partial charge < -0.3 is 9.47 Å². The summed E-state index contributed by atoms with van der Waals surface area (Å²) < 4.78 is 11.4. The maximum atomic E-state index is 6.05. The monoisotopic (exact) mass is 365 g/mol. The minimum Gasteiger partial charge on any atom is -0.493 e. The van der Waals surface area contributed by atoms with Crippen molar-refractivity contribution in [3.8, 4) is 11.5 Å². The summed E-state index contributed by atoms with van der Waals surface area (Å²) in [5.41, 5.74) is 1.02. The van der Waals surface area contributed by atoms with Gasteiger partial charge in [-0.05, 0) is 37.8 Å². The lowest BCUT2D eigenvalue weighted by Gasteiger charge is -2.16. The fourth-order valence-electron chi connectivity index (χ4n) is 2.61. The van der Waals surface area contributed by atoms with E-state index in [-0.39, 0.29) is 6.10 Å². The molecular formula is C17H17Cl2N3O2. The van der Waals surface area contributed by atoms with Crippen LogP contribution in [0.1, 0.15) is 25.7 Å². The maximum absolute atomic E-state index is 6.05. The highest BCUT2D eigenvalue weighted by molar-refractivity contribution is 6.38. The van der Waals surface area contributed by atoms with E-state index in [1.165, 1.54) is 25.2 Å². The van der Waals surface area contributed by atoms with E-state index in [1.54, 1.807) is 13.2 Å². The second kappa shape index (κ2) is 7.81. The van der Waals surface area contributed by atoms with Crippen molar-refractivity contribution in [1.29, 1.82) is 0 Å². The van der Waals surface area contributed by atoms with Gasteiger partial charge in [0.15, 0.2) is 11.5 Å². The van der Waals surface area contributed by atoms with E-state index in [4.69, 9.17) is 32.7 Å². The van der Waals surface area contributed by atoms with E-state index >= 15 is 0 Å². The molecule has 126 valence electrons. The number of ether oxygens (including phenoxy) is 2. The quantitative estimate of drug-likeness (QED) is 0.598. The Labute approximate surface area is 150 Å². The molecular weight excluding hydrogens is 349 g/mol. The molecule has 0 unspecified atom stereocenters. The molecule has 0 amide bonds. The first-order chi connectivity index (χ1) is 11.7. The molecule has 0 bridgehead atoms. The maximum Gasteiger partial charge on any atom is 0.163 e. The molecule has 24 heavy (non-hydrogen) atoms. The van der Waals surface area contributed by atoms with Crippen LogP contribution in [0.5, 0.6) is 11.5 Å². The normalized spacial score (nSPS) is 15.1. The van der Waals surface area contributed by atoms with Gasteiger partial charge in [-0.25, -0.2) is 0 Å². The molecule has 0 N–H and O–H groups in total. The largest absolute Gasteiger partial charge is 0.493 e. The lowest BCUT2D eigenvalue weighted by molar-refractivity contribution is 0.201. The number of pyridine rings is 1. The van der Waals surface area contributed by atoms with Crippen LogP contribution in [0.4, 0.5) is 11.4 Å². The van der Waals surface area contributed by atoms with Gasteiger partial charge in [0.2, 0.25) is 0 Å². The molecule has 1 aromatic carbocycles. The summed E-state index contributed by atoms with van der Waals surface area (Å²) >= 11 is 12.1. The Balaban J connectivity index is 1.84. The zero-order valence-corrected chi connectivity index (χ0v) is 14.7. The fraction of sp³-hybridized carbons (Fsp3) is 0.353. The third-order valence-electron chi connectivity index (χ3n) is 3.84. The van der Waals surface area contributed by atoms with Crippen molar-refractivity contribution in [3.05, 3.63) is 40.6 Å². The van der Waals surface area contributed by atoms with Crippen LogP contribution in [0.15, 0.2) is 40.8 Å². The predicted molar refractivity (Wildman–Crippen MR) is 94.3 cm³/mol. The number of nitrogens with zero attached hydrogens (tertiary/aromatic N) is 3. The number of benzene rings is 1. The Morgan fingerprint density at radius 2 is 1.75 bits per heavy atom. The molecule has 5 nitrogen and oxygen atoms in total. The van der Waals surface area contributed by atoms with Gasteiger partial charge in [0.25, 0.3) is 0 Å². The number of azo groups is 1. The number of methoxy groups -OCH3 is 1. The number of hydrogen-bond donors (Lipinski definition) is 0. The average molecular weight is 366 g/mol. The van der Waals surface area contributed by atoms with Crippen LogP contribution in [0.25, 0.3) is 0 Å². The molecule has 2 aromatic rings. The van der Waals surface area contributed by atoms with Crippen LogP contribution in [0.3, 0.4) is 0 Å². The Kier molecular flexibility index (Phi) is 5.53. The Morgan fingerprint density at radius 3 is 2.42 bits per heavy atom. The Hall–Kier alpha value is -1.85. The second-order valence-corrected chi connectivity index (χ2v) is 6.33. The van der Waals surface area contributed by atoms with Crippen molar-refractivity contribution in [2.75, 3.05) is 7.11 Å². The predicted octanol–water partition coefficient (Wildman–Crippen LogP) is 6.13. The molecule has 7 heteroatoms. The molecule has 1 saturated carbocycles. The van der Waals surface area contributed by atoms with Crippen molar-refractivity contribution < 1.29 is 9.47 Å². The van der Waals surface area contributed by atoms with Crippen molar-refractivity contribution in [2.24, 2.45) is 10.2 Å². The summed E-state index contributed by atoms with van der Waals surface area (Å²) in [6.45, 7) is 0. The number of halogens is 2. The van der Waals surface area contributed by atoms with E-state index < -0.39 is 0 Å². The molecule has 1 aliphatic rings. The van der Waals surface area contributed by atoms with Gasteiger partial charge in [0.1, 0.15) is 5.69 Å². The molecule has 0 radical (unpaired) electrons. The van der Waals surface area contributed by atoms with Gasteiger partial charge in [-0.2, -0.15) is 5.11 Å². The van der Waals surface area contributed by atoms with E-state index in [0.29, 0.717) is 32.9 Å². The topological polar surface area (TPSA) is 56.1 Å². The molecule has 1 aromatic heterocycles. The van der Waals surface area contributed by atoms with E-state index in [1.807, 2.05) is 12.1 Å². The lowest BCUT2D eigenvalue weighted by Crippen LogP contribution is -2.11. The molecule has 3 rings (SSSR count). The summed E-state index contributed by atoms with van der Waals surface area (Å²) in [7, 11) is 1.62. The number of hydrogen-bond acceptors (Lipinski definition) is 5. The van der Waals surface area contributed by atoms with Crippen LogP contribution in [0.2, 0.25) is 10.0 Å². The SMILES string of the molecule is COc1ccc(/N=N/c2c(Cl)cncc2Cl)cc1OC1CCCC1. The first kappa shape index (κ1) is 17.0. The highest BCUT2D eigenvalue weighted by Crippen LogP contribution is 2.37. The standard InChI is InChI=1S/C17H17Cl2N3O2/c1-23-15-7-6-11(8-16(15)24-12-4-2-3-5-12)21-22-17-13(18)9-20-10-14(17)19/h6-10,12H,2-5H2,1H3/b22-21+. The highest BCUT2D eigenvalue weighted by Gasteiger charge is 2.18. The van der Waals surface area contributed by atoms with Crippen LogP contribution in [-0.4, -0.2) is 18.2 Å². The minimum atomic E-state index is 0.232. The zero-order chi connectivity index (χ0) is 16.9. The van der Waals surface area contributed by atoms with Crippen molar-refractivity contribution in [3.63, 3.8) is 0 Å². The summed E-state index contributed by atoms with van der Waals surface area (Å²) in [5.74, 6) is 1.36. The van der Waals surface area contributed by atoms with E-state index in [9.17, 15) is 0 Å². The Bertz CT molecular complexity index is 726. The summed E-state index contributed by atoms with van der Waals surface area (Å²) in [6, 6.07) is 5.42. The number of rotatable bonds is 5. The van der Waals surface area contributed by atoms with Crippen LogP contribution >= 0.6 is 23.2 Å². The van der Waals surface area contributed by atoms with E-state index in [2.05, 4.69) is 15.2 Å². The molecule has 0 spiro atoms. The van der Waals surface area contributed by atoms with Gasteiger partial charge in [0, 0.05) is 18.5 Å². The molecule has 1 fully saturated rings. The third-order valence-corrected chi connectivity index (χ3v) is 4.39. The summed E-state index contributed by atoms with van der Waals surface area (Å²) in [6.07, 6.45) is 7.72. The van der Waals surface area contributed by atoms with Crippen LogP contribution < -0.4 is 9.47 Å². The van der Waals surface area contributed by atoms with E-state index in [0.717, 1.165) is 12.8 Å². The first-order valence-electron chi connectivity index (χ1n) is 7.73. The van der Waals surface area contributed by atoms with Crippen molar-refractivity contribution >= 4 is 34.6 Å².